The summed E-state index contributed by atoms with van der Waals surface area (Å²) in [6, 6.07) is 3.85. The summed E-state index contributed by atoms with van der Waals surface area (Å²) in [6.45, 7) is 1.48. The molecular formula is C11H13N3O. The van der Waals surface area contributed by atoms with Gasteiger partial charge in [0.05, 0.1) is 23.6 Å². The van der Waals surface area contributed by atoms with Gasteiger partial charge in [-0.05, 0) is 18.9 Å². The summed E-state index contributed by atoms with van der Waals surface area (Å²) in [6.07, 6.45) is 4.82. The molecule has 0 spiro atoms. The number of anilines is 1. The number of hydrogen-bond acceptors (Lipinski definition) is 4. The summed E-state index contributed by atoms with van der Waals surface area (Å²) in [5.74, 6) is 0. The maximum atomic E-state index is 9.56. The van der Waals surface area contributed by atoms with Gasteiger partial charge in [0.2, 0.25) is 0 Å². The molecule has 4 heteroatoms. The number of β-amino-alcohol motifs (C(OH)–C–C–N with tert-alkyl or cyclic N) is 1. The molecule has 1 aliphatic heterocycles. The summed E-state index contributed by atoms with van der Waals surface area (Å²) in [4.78, 5) is 6.05. The van der Waals surface area contributed by atoms with Crippen LogP contribution in [0.5, 0.6) is 0 Å². The number of piperidine rings is 1. The molecule has 1 fully saturated rings. The van der Waals surface area contributed by atoms with Crippen molar-refractivity contribution in [2.45, 2.75) is 18.9 Å². The predicted molar refractivity (Wildman–Crippen MR) is 56.4 cm³/mol. The normalized spacial score (nSPS) is 21.1. The van der Waals surface area contributed by atoms with Crippen LogP contribution in [0.4, 0.5) is 5.69 Å². The van der Waals surface area contributed by atoms with Crippen LogP contribution in [-0.4, -0.2) is 29.3 Å². The van der Waals surface area contributed by atoms with E-state index in [9.17, 15) is 5.11 Å². The van der Waals surface area contributed by atoms with E-state index in [1.165, 1.54) is 0 Å². The lowest BCUT2D eigenvalue weighted by Gasteiger charge is -2.32. The Morgan fingerprint density at radius 1 is 1.60 bits per heavy atom. The van der Waals surface area contributed by atoms with E-state index in [1.54, 1.807) is 18.5 Å². The summed E-state index contributed by atoms with van der Waals surface area (Å²) >= 11 is 0. The fourth-order valence-corrected chi connectivity index (χ4v) is 1.91. The second-order valence-corrected chi connectivity index (χ2v) is 3.75. The molecule has 1 aromatic rings. The van der Waals surface area contributed by atoms with Crippen molar-refractivity contribution < 1.29 is 5.11 Å². The van der Waals surface area contributed by atoms with Gasteiger partial charge < -0.3 is 10.0 Å². The Morgan fingerprint density at radius 3 is 3.20 bits per heavy atom. The standard InChI is InChI=1S/C11H13N3O/c12-6-9-3-4-13-7-11(9)14-5-1-2-10(15)8-14/h3-4,7,10,15H,1-2,5,8H2/t10-/m0/s1. The van der Waals surface area contributed by atoms with Gasteiger partial charge in [-0.25, -0.2) is 0 Å². The molecule has 0 aliphatic carbocycles. The molecule has 0 unspecified atom stereocenters. The summed E-state index contributed by atoms with van der Waals surface area (Å²) in [7, 11) is 0. The van der Waals surface area contributed by atoms with E-state index >= 15 is 0 Å². The minimum atomic E-state index is -0.287. The number of aliphatic hydroxyl groups excluding tert-OH is 1. The highest BCUT2D eigenvalue weighted by molar-refractivity contribution is 5.57. The summed E-state index contributed by atoms with van der Waals surface area (Å²) in [5, 5.41) is 18.5. The zero-order chi connectivity index (χ0) is 10.7. The third kappa shape index (κ3) is 2.08. The summed E-state index contributed by atoms with van der Waals surface area (Å²) in [5.41, 5.74) is 1.46. The van der Waals surface area contributed by atoms with Crippen LogP contribution in [0.3, 0.4) is 0 Å². The maximum Gasteiger partial charge on any atom is 0.101 e. The van der Waals surface area contributed by atoms with Crippen LogP contribution in [-0.2, 0) is 0 Å². The molecule has 4 nitrogen and oxygen atoms in total. The first-order chi connectivity index (χ1) is 7.31. The molecule has 2 heterocycles. The minimum Gasteiger partial charge on any atom is -0.391 e. The van der Waals surface area contributed by atoms with E-state index in [-0.39, 0.29) is 6.10 Å². The van der Waals surface area contributed by atoms with Gasteiger partial charge in [-0.15, -0.1) is 0 Å². The van der Waals surface area contributed by atoms with Crippen LogP contribution in [0.15, 0.2) is 18.5 Å². The average Bonchev–Trinajstić information content (AvgIpc) is 2.29. The van der Waals surface area contributed by atoms with E-state index in [2.05, 4.69) is 11.1 Å². The number of nitrogens with zero attached hydrogens (tertiary/aromatic N) is 3. The van der Waals surface area contributed by atoms with Crippen LogP contribution in [0, 0.1) is 11.3 Å². The molecule has 0 radical (unpaired) electrons. The largest absolute Gasteiger partial charge is 0.391 e. The van der Waals surface area contributed by atoms with Crippen molar-refractivity contribution in [1.29, 1.82) is 5.26 Å². The molecule has 0 amide bonds. The lowest BCUT2D eigenvalue weighted by atomic mass is 10.1. The number of aliphatic hydroxyl groups is 1. The first-order valence-corrected chi connectivity index (χ1v) is 5.08. The Kier molecular flexibility index (Phi) is 2.84. The fourth-order valence-electron chi connectivity index (χ4n) is 1.91. The average molecular weight is 203 g/mol. The van der Waals surface area contributed by atoms with E-state index in [0.29, 0.717) is 12.1 Å². The van der Waals surface area contributed by atoms with Crippen molar-refractivity contribution in [2.75, 3.05) is 18.0 Å². The van der Waals surface area contributed by atoms with Crippen molar-refractivity contribution in [3.8, 4) is 6.07 Å². The molecule has 0 bridgehead atoms. The molecule has 1 aliphatic rings. The third-order valence-electron chi connectivity index (χ3n) is 2.66. The molecule has 1 atom stereocenters. The van der Waals surface area contributed by atoms with Gasteiger partial charge in [-0.1, -0.05) is 0 Å². The van der Waals surface area contributed by atoms with Gasteiger partial charge in [0.1, 0.15) is 6.07 Å². The van der Waals surface area contributed by atoms with E-state index in [1.807, 2.05) is 4.90 Å². The SMILES string of the molecule is N#Cc1ccncc1N1CCC[C@H](O)C1. The molecule has 0 saturated carbocycles. The minimum absolute atomic E-state index is 0.287. The van der Waals surface area contributed by atoms with Crippen LogP contribution in [0.2, 0.25) is 0 Å². The number of hydrogen-bond donors (Lipinski definition) is 1. The molecular weight excluding hydrogens is 190 g/mol. The highest BCUT2D eigenvalue weighted by Crippen LogP contribution is 2.22. The Labute approximate surface area is 88.8 Å². The maximum absolute atomic E-state index is 9.56. The fraction of sp³-hybridized carbons (Fsp3) is 0.455. The van der Waals surface area contributed by atoms with Crippen LogP contribution >= 0.6 is 0 Å². The molecule has 2 rings (SSSR count). The van der Waals surface area contributed by atoms with Crippen molar-refractivity contribution in [2.24, 2.45) is 0 Å². The molecule has 1 aromatic heterocycles. The quantitative estimate of drug-likeness (QED) is 0.737. The van der Waals surface area contributed by atoms with E-state index < -0.39 is 0 Å². The zero-order valence-corrected chi connectivity index (χ0v) is 8.43. The summed E-state index contributed by atoms with van der Waals surface area (Å²) < 4.78 is 0. The Bertz CT molecular complexity index is 386. The van der Waals surface area contributed by atoms with E-state index in [0.717, 1.165) is 25.1 Å². The number of nitriles is 1. The van der Waals surface area contributed by atoms with E-state index in [4.69, 9.17) is 5.26 Å². The monoisotopic (exact) mass is 203 g/mol. The third-order valence-corrected chi connectivity index (χ3v) is 2.66. The van der Waals surface area contributed by atoms with Gasteiger partial charge in [0, 0.05) is 19.3 Å². The zero-order valence-electron chi connectivity index (χ0n) is 8.43. The predicted octanol–water partition coefficient (Wildman–Crippen LogP) is 0.914. The topological polar surface area (TPSA) is 60.2 Å². The van der Waals surface area contributed by atoms with Crippen LogP contribution in [0.25, 0.3) is 0 Å². The number of pyridine rings is 1. The Balaban J connectivity index is 2.25. The van der Waals surface area contributed by atoms with Gasteiger partial charge in [0.15, 0.2) is 0 Å². The molecule has 1 N–H and O–H groups in total. The van der Waals surface area contributed by atoms with Crippen LogP contribution in [0.1, 0.15) is 18.4 Å². The molecule has 1 saturated heterocycles. The van der Waals surface area contributed by atoms with Gasteiger partial charge in [-0.3, -0.25) is 4.98 Å². The van der Waals surface area contributed by atoms with Gasteiger partial charge >= 0.3 is 0 Å². The molecule has 15 heavy (non-hydrogen) atoms. The second kappa shape index (κ2) is 4.28. The van der Waals surface area contributed by atoms with Gasteiger partial charge in [0.25, 0.3) is 0 Å². The smallest absolute Gasteiger partial charge is 0.101 e. The van der Waals surface area contributed by atoms with Crippen LogP contribution < -0.4 is 4.90 Å². The van der Waals surface area contributed by atoms with Crippen molar-refractivity contribution in [1.82, 2.24) is 4.98 Å². The number of rotatable bonds is 1. The lowest BCUT2D eigenvalue weighted by Crippen LogP contribution is -2.38. The Hall–Kier alpha value is -1.60. The second-order valence-electron chi connectivity index (χ2n) is 3.75. The van der Waals surface area contributed by atoms with Crippen molar-refractivity contribution in [3.63, 3.8) is 0 Å². The van der Waals surface area contributed by atoms with Crippen molar-refractivity contribution in [3.05, 3.63) is 24.0 Å². The first-order valence-electron chi connectivity index (χ1n) is 5.08. The molecule has 78 valence electrons. The van der Waals surface area contributed by atoms with Crippen molar-refractivity contribution >= 4 is 5.69 Å². The number of aromatic nitrogens is 1. The van der Waals surface area contributed by atoms with Gasteiger partial charge in [-0.2, -0.15) is 5.26 Å². The Morgan fingerprint density at radius 2 is 2.47 bits per heavy atom. The lowest BCUT2D eigenvalue weighted by molar-refractivity contribution is 0.154. The highest BCUT2D eigenvalue weighted by Gasteiger charge is 2.19. The first kappa shape index (κ1) is 9.94. The molecule has 0 aromatic carbocycles. The highest BCUT2D eigenvalue weighted by atomic mass is 16.3.